The van der Waals surface area contributed by atoms with Gasteiger partial charge in [-0.05, 0) is 35.4 Å². The zero-order valence-electron chi connectivity index (χ0n) is 12.7. The van der Waals surface area contributed by atoms with Gasteiger partial charge in [-0.15, -0.1) is 0 Å². The van der Waals surface area contributed by atoms with Crippen LogP contribution in [0.4, 0.5) is 0 Å². The molecule has 0 bridgehead atoms. The highest BCUT2D eigenvalue weighted by Gasteiger charge is 2.20. The van der Waals surface area contributed by atoms with Gasteiger partial charge in [-0.2, -0.15) is 11.0 Å². The van der Waals surface area contributed by atoms with E-state index in [2.05, 4.69) is 11.0 Å². The molecule has 0 aromatic heterocycles. The van der Waals surface area contributed by atoms with Gasteiger partial charge in [0, 0.05) is 22.9 Å². The van der Waals surface area contributed by atoms with E-state index in [1.54, 1.807) is 48.5 Å². The molecule has 0 spiro atoms. The van der Waals surface area contributed by atoms with Crippen molar-refractivity contribution in [1.82, 2.24) is 11.0 Å². The predicted octanol–water partition coefficient (Wildman–Crippen LogP) is 4.08. The summed E-state index contributed by atoms with van der Waals surface area (Å²) in [5, 5.41) is 19.7. The van der Waals surface area contributed by atoms with E-state index in [-0.39, 0.29) is 18.6 Å². The molecule has 2 aromatic carbocycles. The van der Waals surface area contributed by atoms with Gasteiger partial charge < -0.3 is 10.4 Å². The molecule has 2 aromatic rings. The Morgan fingerprint density at radius 2 is 1.29 bits per heavy atom. The Bertz CT molecular complexity index is 640. The lowest BCUT2D eigenvalue weighted by Gasteiger charge is -2.18. The van der Waals surface area contributed by atoms with E-state index in [0.717, 1.165) is 0 Å². The largest absolute Gasteiger partial charge is 0.316 e. The second-order valence-corrected chi connectivity index (χ2v) is 6.29. The average molecular weight is 369 g/mol. The van der Waals surface area contributed by atoms with Gasteiger partial charge in [-0.3, -0.25) is 4.79 Å². The van der Waals surface area contributed by atoms with E-state index in [9.17, 15) is 15.2 Å². The fourth-order valence-electron chi connectivity index (χ4n) is 2.46. The van der Waals surface area contributed by atoms with Crippen LogP contribution in [-0.2, 0) is 4.79 Å². The molecule has 5 nitrogen and oxygen atoms in total. The average Bonchev–Trinajstić information content (AvgIpc) is 2.57. The first-order valence-corrected chi connectivity index (χ1v) is 8.11. The van der Waals surface area contributed by atoms with Crippen molar-refractivity contribution in [2.24, 2.45) is 0 Å². The quantitative estimate of drug-likeness (QED) is 0.527. The highest BCUT2D eigenvalue weighted by atomic mass is 35.5. The van der Waals surface area contributed by atoms with Gasteiger partial charge in [-0.25, -0.2) is 0 Å². The molecular formula is C17H18Cl2N2O3. The summed E-state index contributed by atoms with van der Waals surface area (Å²) in [6.07, 6.45) is 0.102. The smallest absolute Gasteiger partial charge is 0.136 e. The highest BCUT2D eigenvalue weighted by Crippen LogP contribution is 2.24. The molecule has 2 rings (SSSR count). The van der Waals surface area contributed by atoms with Crippen LogP contribution >= 0.6 is 23.2 Å². The summed E-state index contributed by atoms with van der Waals surface area (Å²) in [6, 6.07) is 12.7. The van der Waals surface area contributed by atoms with Crippen LogP contribution in [0.5, 0.6) is 0 Å². The maximum atomic E-state index is 12.3. The van der Waals surface area contributed by atoms with E-state index in [0.29, 0.717) is 21.2 Å². The summed E-state index contributed by atoms with van der Waals surface area (Å²) in [4.78, 5) is 12.3. The van der Waals surface area contributed by atoms with Crippen molar-refractivity contribution in [1.29, 1.82) is 0 Å². The lowest BCUT2D eigenvalue weighted by Crippen LogP contribution is -2.25. The van der Waals surface area contributed by atoms with E-state index in [4.69, 9.17) is 23.2 Å². The Morgan fingerprint density at radius 3 is 1.62 bits per heavy atom. The van der Waals surface area contributed by atoms with E-state index >= 15 is 0 Å². The lowest BCUT2D eigenvalue weighted by molar-refractivity contribution is -0.121. The minimum atomic E-state index is -0.574. The van der Waals surface area contributed by atoms with Crippen molar-refractivity contribution in [2.75, 3.05) is 0 Å². The van der Waals surface area contributed by atoms with Crippen LogP contribution < -0.4 is 11.0 Å². The predicted molar refractivity (Wildman–Crippen MR) is 92.5 cm³/mol. The molecule has 0 aliphatic heterocycles. The Kier molecular flexibility index (Phi) is 7.17. The first-order valence-electron chi connectivity index (χ1n) is 7.35. The number of halogens is 2. The number of carbonyl (C=O) groups is 1. The van der Waals surface area contributed by atoms with Crippen molar-refractivity contribution in [3.05, 3.63) is 69.7 Å². The summed E-state index contributed by atoms with van der Waals surface area (Å²) in [6.45, 7) is 0. The molecule has 0 saturated heterocycles. The molecule has 2 atom stereocenters. The zero-order valence-corrected chi connectivity index (χ0v) is 14.3. The minimum Gasteiger partial charge on any atom is -0.316 e. The van der Waals surface area contributed by atoms with Crippen LogP contribution in [0.15, 0.2) is 48.5 Å². The van der Waals surface area contributed by atoms with Gasteiger partial charge in [0.2, 0.25) is 0 Å². The molecule has 0 saturated carbocycles. The minimum absolute atomic E-state index is 0.0512. The molecule has 2 unspecified atom stereocenters. The van der Waals surface area contributed by atoms with E-state index < -0.39 is 12.1 Å². The molecule has 24 heavy (non-hydrogen) atoms. The van der Waals surface area contributed by atoms with Gasteiger partial charge in [0.25, 0.3) is 0 Å². The SMILES string of the molecule is O=C(CC(NO)c1cccc(Cl)c1)CC(NO)c1cccc(Cl)c1. The molecule has 128 valence electrons. The molecule has 0 heterocycles. The summed E-state index contributed by atoms with van der Waals surface area (Å²) in [5.41, 5.74) is 5.67. The Hall–Kier alpha value is -1.47. The van der Waals surface area contributed by atoms with Crippen molar-refractivity contribution < 1.29 is 15.2 Å². The Labute approximate surface area is 150 Å². The molecule has 0 aliphatic rings. The molecule has 0 radical (unpaired) electrons. The number of rotatable bonds is 8. The third kappa shape index (κ3) is 5.27. The van der Waals surface area contributed by atoms with Crippen LogP contribution in [-0.4, -0.2) is 16.2 Å². The van der Waals surface area contributed by atoms with Gasteiger partial charge in [-0.1, -0.05) is 47.5 Å². The Morgan fingerprint density at radius 1 is 0.875 bits per heavy atom. The molecule has 0 fully saturated rings. The standard InChI is InChI=1S/C17H18Cl2N2O3/c18-13-5-1-3-11(7-13)16(20-23)9-15(22)10-17(21-24)12-4-2-6-14(19)8-12/h1-8,16-17,20-21,23-24H,9-10H2. The van der Waals surface area contributed by atoms with Gasteiger partial charge >= 0.3 is 0 Å². The van der Waals surface area contributed by atoms with Crippen LogP contribution in [0.25, 0.3) is 0 Å². The monoisotopic (exact) mass is 368 g/mol. The van der Waals surface area contributed by atoms with E-state index in [1.807, 2.05) is 0 Å². The number of hydrogen-bond donors (Lipinski definition) is 4. The number of hydroxylamine groups is 2. The summed E-state index contributed by atoms with van der Waals surface area (Å²) >= 11 is 11.9. The first kappa shape index (κ1) is 18.9. The molecule has 0 amide bonds. The molecule has 4 N–H and O–H groups in total. The van der Waals surface area contributed by atoms with E-state index in [1.165, 1.54) is 0 Å². The number of nitrogens with one attached hydrogen (secondary N) is 2. The summed E-state index contributed by atoms with van der Waals surface area (Å²) < 4.78 is 0. The zero-order chi connectivity index (χ0) is 17.5. The summed E-state index contributed by atoms with van der Waals surface area (Å²) in [5.74, 6) is -0.145. The van der Waals surface area contributed by atoms with Crippen molar-refractivity contribution in [3.63, 3.8) is 0 Å². The molecule has 7 heteroatoms. The molecular weight excluding hydrogens is 351 g/mol. The maximum Gasteiger partial charge on any atom is 0.136 e. The third-order valence-corrected chi connectivity index (χ3v) is 4.15. The lowest BCUT2D eigenvalue weighted by atomic mass is 9.96. The Balaban J connectivity index is 2.04. The maximum absolute atomic E-state index is 12.3. The number of ketones is 1. The topological polar surface area (TPSA) is 81.6 Å². The van der Waals surface area contributed by atoms with Crippen molar-refractivity contribution in [3.8, 4) is 0 Å². The second kappa shape index (κ2) is 9.13. The molecule has 0 aliphatic carbocycles. The van der Waals surface area contributed by atoms with Crippen LogP contribution in [0.3, 0.4) is 0 Å². The fraction of sp³-hybridized carbons (Fsp3) is 0.235. The fourth-order valence-corrected chi connectivity index (χ4v) is 2.86. The summed E-state index contributed by atoms with van der Waals surface area (Å²) in [7, 11) is 0. The van der Waals surface area contributed by atoms with Crippen molar-refractivity contribution in [2.45, 2.75) is 24.9 Å². The van der Waals surface area contributed by atoms with Gasteiger partial charge in [0.1, 0.15) is 5.78 Å². The first-order chi connectivity index (χ1) is 11.5. The van der Waals surface area contributed by atoms with Crippen LogP contribution in [0, 0.1) is 0 Å². The third-order valence-electron chi connectivity index (χ3n) is 3.68. The normalized spacial score (nSPS) is 13.5. The van der Waals surface area contributed by atoms with Crippen LogP contribution in [0.1, 0.15) is 36.1 Å². The van der Waals surface area contributed by atoms with Crippen molar-refractivity contribution >= 4 is 29.0 Å². The number of benzene rings is 2. The second-order valence-electron chi connectivity index (χ2n) is 5.42. The van der Waals surface area contributed by atoms with Crippen LogP contribution in [0.2, 0.25) is 10.0 Å². The number of Topliss-reactive ketones (excluding diaryl/α,β-unsaturated/α-hetero) is 1. The van der Waals surface area contributed by atoms with Gasteiger partial charge in [0.15, 0.2) is 0 Å². The number of hydrogen-bond acceptors (Lipinski definition) is 5. The number of carbonyl (C=O) groups excluding carboxylic acids is 1. The highest BCUT2D eigenvalue weighted by molar-refractivity contribution is 6.30. The van der Waals surface area contributed by atoms with Gasteiger partial charge in [0.05, 0.1) is 12.1 Å².